The molecule has 0 unspecified atom stereocenters. The zero-order valence-electron chi connectivity index (χ0n) is 12.3. The van der Waals surface area contributed by atoms with Crippen LogP contribution in [0.1, 0.15) is 35.2 Å². The summed E-state index contributed by atoms with van der Waals surface area (Å²) in [4.78, 5) is 16.7. The van der Waals surface area contributed by atoms with Crippen LogP contribution in [0.5, 0.6) is 5.88 Å². The van der Waals surface area contributed by atoms with Crippen LogP contribution < -0.4 is 10.1 Å². The van der Waals surface area contributed by atoms with Crippen molar-refractivity contribution in [3.05, 3.63) is 58.7 Å². The monoisotopic (exact) mass is 316 g/mol. The molecule has 0 saturated heterocycles. The molecule has 3 rings (SSSR count). The number of pyridine rings is 1. The Labute approximate surface area is 134 Å². The van der Waals surface area contributed by atoms with E-state index in [9.17, 15) is 4.79 Å². The Bertz CT molecular complexity index is 681. The van der Waals surface area contributed by atoms with Crippen molar-refractivity contribution in [2.75, 3.05) is 7.11 Å². The Morgan fingerprint density at radius 3 is 2.59 bits per heavy atom. The van der Waals surface area contributed by atoms with Crippen molar-refractivity contribution in [2.45, 2.75) is 24.8 Å². The van der Waals surface area contributed by atoms with Gasteiger partial charge < -0.3 is 10.1 Å². The van der Waals surface area contributed by atoms with E-state index in [4.69, 9.17) is 16.3 Å². The zero-order chi connectivity index (χ0) is 15.6. The molecule has 0 spiro atoms. The number of carbonyl (C=O) groups excluding carboxylic acids is 1. The maximum absolute atomic E-state index is 12.6. The van der Waals surface area contributed by atoms with E-state index in [2.05, 4.69) is 10.3 Å². The number of nitrogens with one attached hydrogen (secondary N) is 1. The van der Waals surface area contributed by atoms with Gasteiger partial charge in [-0.3, -0.25) is 4.79 Å². The minimum atomic E-state index is -0.317. The van der Waals surface area contributed by atoms with Crippen molar-refractivity contribution >= 4 is 17.5 Å². The van der Waals surface area contributed by atoms with Gasteiger partial charge in [-0.1, -0.05) is 23.7 Å². The molecular formula is C17H17ClN2O2. The molecule has 22 heavy (non-hydrogen) atoms. The molecule has 1 aliphatic carbocycles. The summed E-state index contributed by atoms with van der Waals surface area (Å²) in [6.07, 6.45) is 4.53. The van der Waals surface area contributed by atoms with E-state index in [1.165, 1.54) is 7.11 Å². The van der Waals surface area contributed by atoms with Gasteiger partial charge in [-0.2, -0.15) is 0 Å². The van der Waals surface area contributed by atoms with E-state index in [1.54, 1.807) is 18.3 Å². The second-order valence-electron chi connectivity index (χ2n) is 5.46. The summed E-state index contributed by atoms with van der Waals surface area (Å²) in [6.45, 7) is 0. The van der Waals surface area contributed by atoms with E-state index >= 15 is 0 Å². The lowest BCUT2D eigenvalue weighted by Crippen LogP contribution is -2.50. The van der Waals surface area contributed by atoms with Crippen LogP contribution in [0.4, 0.5) is 0 Å². The lowest BCUT2D eigenvalue weighted by Gasteiger charge is -2.43. The molecule has 4 nitrogen and oxygen atoms in total. The van der Waals surface area contributed by atoms with Gasteiger partial charge in [0.05, 0.1) is 12.6 Å². The van der Waals surface area contributed by atoms with E-state index in [0.717, 1.165) is 24.8 Å². The summed E-state index contributed by atoms with van der Waals surface area (Å²) in [5.74, 6) is 0.171. The van der Waals surface area contributed by atoms with Gasteiger partial charge in [0.25, 0.3) is 5.91 Å². The van der Waals surface area contributed by atoms with Crippen LogP contribution in [0.2, 0.25) is 5.02 Å². The molecule has 1 saturated carbocycles. The van der Waals surface area contributed by atoms with Crippen LogP contribution in [-0.2, 0) is 5.54 Å². The van der Waals surface area contributed by atoms with Crippen molar-refractivity contribution in [2.24, 2.45) is 0 Å². The Balaban J connectivity index is 1.86. The summed E-state index contributed by atoms with van der Waals surface area (Å²) < 4.78 is 5.16. The number of amides is 1. The molecule has 5 heteroatoms. The summed E-state index contributed by atoms with van der Waals surface area (Å²) in [7, 11) is 1.51. The topological polar surface area (TPSA) is 51.2 Å². The van der Waals surface area contributed by atoms with E-state index in [1.807, 2.05) is 24.3 Å². The Morgan fingerprint density at radius 2 is 2.00 bits per heavy atom. The molecule has 2 aromatic rings. The van der Waals surface area contributed by atoms with Gasteiger partial charge in [0.1, 0.15) is 5.56 Å². The number of aromatic nitrogens is 1. The highest BCUT2D eigenvalue weighted by molar-refractivity contribution is 6.30. The smallest absolute Gasteiger partial charge is 0.257 e. The molecule has 0 bridgehead atoms. The van der Waals surface area contributed by atoms with Gasteiger partial charge in [0.2, 0.25) is 5.88 Å². The molecule has 1 heterocycles. The highest BCUT2D eigenvalue weighted by atomic mass is 35.5. The number of hydrogen-bond acceptors (Lipinski definition) is 3. The van der Waals surface area contributed by atoms with Gasteiger partial charge >= 0.3 is 0 Å². The van der Waals surface area contributed by atoms with Gasteiger partial charge in [-0.15, -0.1) is 0 Å². The predicted molar refractivity (Wildman–Crippen MR) is 85.2 cm³/mol. The highest BCUT2D eigenvalue weighted by Gasteiger charge is 2.40. The Hall–Kier alpha value is -2.07. The fraction of sp³-hybridized carbons (Fsp3) is 0.294. The first kappa shape index (κ1) is 14.9. The van der Waals surface area contributed by atoms with Gasteiger partial charge in [0, 0.05) is 11.2 Å². The van der Waals surface area contributed by atoms with E-state index in [-0.39, 0.29) is 11.4 Å². The molecule has 0 radical (unpaired) electrons. The van der Waals surface area contributed by atoms with Crippen LogP contribution in [0.15, 0.2) is 42.6 Å². The average Bonchev–Trinajstić information content (AvgIpc) is 2.51. The summed E-state index contributed by atoms with van der Waals surface area (Å²) in [6, 6.07) is 11.1. The molecule has 1 aliphatic rings. The van der Waals surface area contributed by atoms with Crippen LogP contribution in [0, 0.1) is 0 Å². The maximum atomic E-state index is 12.6. The van der Waals surface area contributed by atoms with Crippen LogP contribution in [0.3, 0.4) is 0 Å². The second kappa shape index (κ2) is 5.97. The third-order valence-electron chi connectivity index (χ3n) is 4.17. The summed E-state index contributed by atoms with van der Waals surface area (Å²) in [5, 5.41) is 3.85. The van der Waals surface area contributed by atoms with Crippen molar-refractivity contribution < 1.29 is 9.53 Å². The van der Waals surface area contributed by atoms with Gasteiger partial charge in [-0.05, 0) is 49.1 Å². The first-order chi connectivity index (χ1) is 10.6. The number of carbonyl (C=O) groups is 1. The fourth-order valence-corrected chi connectivity index (χ4v) is 2.92. The number of halogens is 1. The Morgan fingerprint density at radius 1 is 1.27 bits per heavy atom. The minimum Gasteiger partial charge on any atom is -0.480 e. The van der Waals surface area contributed by atoms with Crippen LogP contribution >= 0.6 is 11.6 Å². The molecule has 1 aromatic carbocycles. The largest absolute Gasteiger partial charge is 0.480 e. The summed E-state index contributed by atoms with van der Waals surface area (Å²) in [5.41, 5.74) is 1.22. The number of hydrogen-bond donors (Lipinski definition) is 1. The van der Waals surface area contributed by atoms with Crippen molar-refractivity contribution in [1.29, 1.82) is 0 Å². The SMILES string of the molecule is COc1ncccc1C(=O)NC1(c2ccc(Cl)cc2)CCC1. The second-order valence-corrected chi connectivity index (χ2v) is 5.89. The lowest BCUT2D eigenvalue weighted by atomic mass is 9.71. The van der Waals surface area contributed by atoms with Gasteiger partial charge in [-0.25, -0.2) is 4.98 Å². The van der Waals surface area contributed by atoms with Crippen LogP contribution in [0.25, 0.3) is 0 Å². The predicted octanol–water partition coefficient (Wildman–Crippen LogP) is 3.55. The number of ether oxygens (including phenoxy) is 1. The molecule has 0 atom stereocenters. The fourth-order valence-electron chi connectivity index (χ4n) is 2.80. The quantitative estimate of drug-likeness (QED) is 0.938. The number of benzene rings is 1. The highest BCUT2D eigenvalue weighted by Crippen LogP contribution is 2.41. The summed E-state index contributed by atoms with van der Waals surface area (Å²) >= 11 is 5.95. The van der Waals surface area contributed by atoms with E-state index in [0.29, 0.717) is 16.5 Å². The molecule has 1 aromatic heterocycles. The zero-order valence-corrected chi connectivity index (χ0v) is 13.1. The molecule has 1 fully saturated rings. The Kier molecular flexibility index (Phi) is 4.03. The van der Waals surface area contributed by atoms with Gasteiger partial charge in [0.15, 0.2) is 0 Å². The molecule has 114 valence electrons. The molecule has 1 amide bonds. The molecule has 0 aliphatic heterocycles. The maximum Gasteiger partial charge on any atom is 0.257 e. The van der Waals surface area contributed by atoms with Crippen LogP contribution in [-0.4, -0.2) is 18.0 Å². The number of methoxy groups -OCH3 is 1. The van der Waals surface area contributed by atoms with Crippen molar-refractivity contribution in [3.8, 4) is 5.88 Å². The number of nitrogens with zero attached hydrogens (tertiary/aromatic N) is 1. The normalized spacial score (nSPS) is 15.7. The average molecular weight is 317 g/mol. The van der Waals surface area contributed by atoms with E-state index < -0.39 is 0 Å². The standard InChI is InChI=1S/C17H17ClN2O2/c1-22-16-14(4-2-11-19-16)15(21)20-17(9-3-10-17)12-5-7-13(18)8-6-12/h2,4-8,11H,3,9-10H2,1H3,(H,20,21). The first-order valence-electron chi connectivity index (χ1n) is 7.22. The lowest BCUT2D eigenvalue weighted by molar-refractivity contribution is 0.0819. The molecular weight excluding hydrogens is 300 g/mol. The third-order valence-corrected chi connectivity index (χ3v) is 4.42. The molecule has 1 N–H and O–H groups in total. The van der Waals surface area contributed by atoms with Crippen molar-refractivity contribution in [1.82, 2.24) is 10.3 Å². The third kappa shape index (κ3) is 2.66. The minimum absolute atomic E-state index is 0.167. The van der Waals surface area contributed by atoms with Crippen molar-refractivity contribution in [3.63, 3.8) is 0 Å². The number of rotatable bonds is 4. The first-order valence-corrected chi connectivity index (χ1v) is 7.60.